The maximum atomic E-state index is 11.7. The Bertz CT molecular complexity index is 325. The van der Waals surface area contributed by atoms with Crippen LogP contribution in [0.15, 0.2) is 0 Å². The Labute approximate surface area is 93.9 Å². The van der Waals surface area contributed by atoms with Gasteiger partial charge in [0.1, 0.15) is 5.54 Å². The van der Waals surface area contributed by atoms with E-state index in [2.05, 4.69) is 10.1 Å². The summed E-state index contributed by atoms with van der Waals surface area (Å²) in [6, 6.07) is -0.403. The van der Waals surface area contributed by atoms with Crippen molar-refractivity contribution in [1.82, 2.24) is 10.2 Å². The number of imide groups is 1. The first-order valence-corrected chi connectivity index (χ1v) is 5.09. The van der Waals surface area contributed by atoms with E-state index in [1.807, 2.05) is 0 Å². The summed E-state index contributed by atoms with van der Waals surface area (Å²) in [5.41, 5.74) is -0.845. The number of hydrogen-bond donors (Lipinski definition) is 1. The molecule has 6 heteroatoms. The van der Waals surface area contributed by atoms with E-state index in [1.165, 1.54) is 7.11 Å². The van der Waals surface area contributed by atoms with Crippen LogP contribution in [0.25, 0.3) is 0 Å². The lowest BCUT2D eigenvalue weighted by molar-refractivity contribution is -0.141. The van der Waals surface area contributed by atoms with Crippen LogP contribution in [-0.2, 0) is 14.3 Å². The Balaban J connectivity index is 2.47. The van der Waals surface area contributed by atoms with Gasteiger partial charge in [0, 0.05) is 13.0 Å². The normalized spacial score (nSPS) is 18.6. The molecular formula is C10H16N2O4. The van der Waals surface area contributed by atoms with Gasteiger partial charge in [0.15, 0.2) is 0 Å². The molecule has 0 aliphatic carbocycles. The van der Waals surface area contributed by atoms with Crippen LogP contribution in [-0.4, -0.2) is 42.0 Å². The lowest BCUT2D eigenvalue weighted by Gasteiger charge is -2.15. The van der Waals surface area contributed by atoms with E-state index < -0.39 is 11.6 Å². The van der Waals surface area contributed by atoms with Gasteiger partial charge in [-0.2, -0.15) is 0 Å². The zero-order valence-electron chi connectivity index (χ0n) is 9.70. The molecule has 3 amide bonds. The van der Waals surface area contributed by atoms with Crippen molar-refractivity contribution in [3.63, 3.8) is 0 Å². The van der Waals surface area contributed by atoms with Crippen LogP contribution in [0.3, 0.4) is 0 Å². The summed E-state index contributed by atoms with van der Waals surface area (Å²) >= 11 is 0. The average Bonchev–Trinajstić information content (AvgIpc) is 2.39. The number of esters is 1. The lowest BCUT2D eigenvalue weighted by Crippen LogP contribution is -2.40. The van der Waals surface area contributed by atoms with Crippen molar-refractivity contribution in [2.45, 2.75) is 32.2 Å². The van der Waals surface area contributed by atoms with E-state index in [4.69, 9.17) is 0 Å². The van der Waals surface area contributed by atoms with Gasteiger partial charge in [-0.05, 0) is 20.3 Å². The highest BCUT2D eigenvalue weighted by Gasteiger charge is 2.43. The number of ether oxygens (including phenoxy) is 1. The number of rotatable bonds is 4. The van der Waals surface area contributed by atoms with Crippen LogP contribution in [0.1, 0.15) is 26.7 Å². The molecule has 0 radical (unpaired) electrons. The highest BCUT2D eigenvalue weighted by atomic mass is 16.5. The first-order valence-electron chi connectivity index (χ1n) is 5.09. The Hall–Kier alpha value is -1.59. The molecule has 1 aliphatic heterocycles. The highest BCUT2D eigenvalue weighted by Crippen LogP contribution is 2.16. The smallest absolute Gasteiger partial charge is 0.325 e. The molecule has 0 saturated carbocycles. The number of carbonyl (C=O) groups excluding carboxylic acids is 3. The summed E-state index contributed by atoms with van der Waals surface area (Å²) in [4.78, 5) is 35.1. The minimum Gasteiger partial charge on any atom is -0.469 e. The summed E-state index contributed by atoms with van der Waals surface area (Å²) in [7, 11) is 1.30. The van der Waals surface area contributed by atoms with Gasteiger partial charge < -0.3 is 10.1 Å². The Morgan fingerprint density at radius 3 is 2.50 bits per heavy atom. The Morgan fingerprint density at radius 1 is 1.44 bits per heavy atom. The summed E-state index contributed by atoms with van der Waals surface area (Å²) in [6.45, 7) is 3.53. The van der Waals surface area contributed by atoms with Crippen molar-refractivity contribution in [2.24, 2.45) is 0 Å². The second-order valence-corrected chi connectivity index (χ2v) is 4.19. The van der Waals surface area contributed by atoms with Gasteiger partial charge in [0.25, 0.3) is 5.91 Å². The zero-order chi connectivity index (χ0) is 12.3. The number of urea groups is 1. The predicted octanol–water partition coefficient (Wildman–Crippen LogP) is 0.270. The molecule has 0 bridgehead atoms. The fourth-order valence-electron chi connectivity index (χ4n) is 1.50. The minimum absolute atomic E-state index is 0.202. The molecule has 16 heavy (non-hydrogen) atoms. The van der Waals surface area contributed by atoms with Crippen LogP contribution in [0.4, 0.5) is 4.79 Å². The molecule has 1 saturated heterocycles. The van der Waals surface area contributed by atoms with Gasteiger partial charge in [-0.25, -0.2) is 4.79 Å². The molecule has 0 aromatic heterocycles. The molecule has 0 spiro atoms. The molecule has 1 N–H and O–H groups in total. The van der Waals surface area contributed by atoms with Crippen molar-refractivity contribution in [3.05, 3.63) is 0 Å². The molecule has 0 aromatic carbocycles. The van der Waals surface area contributed by atoms with Crippen molar-refractivity contribution in [2.75, 3.05) is 13.7 Å². The molecule has 1 fully saturated rings. The zero-order valence-corrected chi connectivity index (χ0v) is 9.70. The number of nitrogens with one attached hydrogen (secondary N) is 1. The van der Waals surface area contributed by atoms with Crippen molar-refractivity contribution < 1.29 is 19.1 Å². The summed E-state index contributed by atoms with van der Waals surface area (Å²) in [6.07, 6.45) is 0.621. The minimum atomic E-state index is -0.845. The highest BCUT2D eigenvalue weighted by molar-refractivity contribution is 6.06. The first kappa shape index (κ1) is 12.5. The van der Waals surface area contributed by atoms with Gasteiger partial charge in [-0.15, -0.1) is 0 Å². The molecule has 1 rings (SSSR count). The van der Waals surface area contributed by atoms with Gasteiger partial charge >= 0.3 is 12.0 Å². The third kappa shape index (κ3) is 2.50. The fraction of sp³-hybridized carbons (Fsp3) is 0.700. The monoisotopic (exact) mass is 228 g/mol. The molecule has 1 aliphatic rings. The summed E-state index contributed by atoms with van der Waals surface area (Å²) in [5.74, 6) is -0.603. The molecular weight excluding hydrogens is 212 g/mol. The fourth-order valence-corrected chi connectivity index (χ4v) is 1.50. The SMILES string of the molecule is COC(=O)CCCN1C(=O)NC(C)(C)C1=O. The molecule has 0 atom stereocenters. The third-order valence-electron chi connectivity index (χ3n) is 2.43. The molecule has 1 heterocycles. The van der Waals surface area contributed by atoms with E-state index in [9.17, 15) is 14.4 Å². The van der Waals surface area contributed by atoms with Gasteiger partial charge in [0.2, 0.25) is 0 Å². The van der Waals surface area contributed by atoms with Gasteiger partial charge in [-0.3, -0.25) is 14.5 Å². The number of methoxy groups -OCH3 is 1. The van der Waals surface area contributed by atoms with Crippen LogP contribution >= 0.6 is 0 Å². The molecule has 90 valence electrons. The second-order valence-electron chi connectivity index (χ2n) is 4.19. The van der Waals surface area contributed by atoms with Crippen LogP contribution in [0.5, 0.6) is 0 Å². The molecule has 0 aromatic rings. The van der Waals surface area contributed by atoms with Crippen LogP contribution in [0.2, 0.25) is 0 Å². The van der Waals surface area contributed by atoms with Gasteiger partial charge in [0.05, 0.1) is 7.11 Å². The Kier molecular flexibility index (Phi) is 3.51. The second kappa shape index (κ2) is 4.51. The van der Waals surface area contributed by atoms with E-state index in [0.29, 0.717) is 6.42 Å². The van der Waals surface area contributed by atoms with E-state index >= 15 is 0 Å². The number of hydrogen-bond acceptors (Lipinski definition) is 4. The van der Waals surface area contributed by atoms with E-state index in [1.54, 1.807) is 13.8 Å². The standard InChI is InChI=1S/C10H16N2O4/c1-10(2)8(14)12(9(15)11-10)6-4-5-7(13)16-3/h4-6H2,1-3H3,(H,11,15). The predicted molar refractivity (Wildman–Crippen MR) is 55.6 cm³/mol. The Morgan fingerprint density at radius 2 is 2.06 bits per heavy atom. The summed E-state index contributed by atoms with van der Waals surface area (Å²) < 4.78 is 4.47. The largest absolute Gasteiger partial charge is 0.469 e. The van der Waals surface area contributed by atoms with Crippen molar-refractivity contribution >= 4 is 17.9 Å². The lowest BCUT2D eigenvalue weighted by atomic mass is 10.1. The molecule has 6 nitrogen and oxygen atoms in total. The summed E-state index contributed by atoms with van der Waals surface area (Å²) in [5, 5.41) is 2.57. The third-order valence-corrected chi connectivity index (χ3v) is 2.43. The van der Waals surface area contributed by atoms with Crippen LogP contribution < -0.4 is 5.32 Å². The average molecular weight is 228 g/mol. The molecule has 0 unspecified atom stereocenters. The van der Waals surface area contributed by atoms with E-state index in [-0.39, 0.29) is 24.8 Å². The maximum absolute atomic E-state index is 11.7. The number of carbonyl (C=O) groups is 3. The van der Waals surface area contributed by atoms with Crippen molar-refractivity contribution in [3.8, 4) is 0 Å². The van der Waals surface area contributed by atoms with Crippen LogP contribution in [0, 0.1) is 0 Å². The van der Waals surface area contributed by atoms with E-state index in [0.717, 1.165) is 4.90 Å². The topological polar surface area (TPSA) is 75.7 Å². The first-order chi connectivity index (χ1) is 7.38. The van der Waals surface area contributed by atoms with Gasteiger partial charge in [-0.1, -0.05) is 0 Å². The number of nitrogens with zero attached hydrogens (tertiary/aromatic N) is 1. The maximum Gasteiger partial charge on any atom is 0.325 e. The van der Waals surface area contributed by atoms with Crippen molar-refractivity contribution in [1.29, 1.82) is 0 Å². The quantitative estimate of drug-likeness (QED) is 0.553. The number of amides is 3.